The van der Waals surface area contributed by atoms with Gasteiger partial charge in [-0.1, -0.05) is 95.8 Å². The van der Waals surface area contributed by atoms with E-state index in [1.54, 1.807) is 0 Å². The monoisotopic (exact) mass is 425 g/mol. The Labute approximate surface area is 184 Å². The van der Waals surface area contributed by atoms with Gasteiger partial charge >= 0.3 is 0 Å². The Kier molecular flexibility index (Phi) is 5.58. The van der Waals surface area contributed by atoms with Gasteiger partial charge in [-0.25, -0.2) is 0 Å². The molecule has 7 heteroatoms. The number of rotatable bonds is 7. The van der Waals surface area contributed by atoms with E-state index in [0.29, 0.717) is 23.9 Å². The van der Waals surface area contributed by atoms with Crippen molar-refractivity contribution in [2.75, 3.05) is 0 Å². The third-order valence-corrected chi connectivity index (χ3v) is 5.63. The first kappa shape index (κ1) is 19.3. The average molecular weight is 426 g/mol. The molecule has 2 heterocycles. The highest BCUT2D eigenvalue weighted by atomic mass is 32.2. The molecule has 0 spiro atoms. The number of nitrogens with zero attached hydrogens (tertiary/aromatic N) is 5. The summed E-state index contributed by atoms with van der Waals surface area (Å²) in [4.78, 5) is 4.53. The molecule has 5 aromatic rings. The lowest BCUT2D eigenvalue weighted by Crippen LogP contribution is -1.99. The Balaban J connectivity index is 1.38. The van der Waals surface area contributed by atoms with Crippen LogP contribution in [0.1, 0.15) is 17.3 Å². The molecule has 0 fully saturated rings. The van der Waals surface area contributed by atoms with Crippen molar-refractivity contribution >= 4 is 11.8 Å². The van der Waals surface area contributed by atoms with Crippen LogP contribution in [0.4, 0.5) is 0 Å². The van der Waals surface area contributed by atoms with Crippen LogP contribution in [0.25, 0.3) is 17.1 Å². The number of hydrogen-bond donors (Lipinski definition) is 0. The third kappa shape index (κ3) is 4.41. The zero-order valence-electron chi connectivity index (χ0n) is 16.6. The van der Waals surface area contributed by atoms with Crippen molar-refractivity contribution in [3.63, 3.8) is 0 Å². The Morgan fingerprint density at radius 1 is 0.774 bits per heavy atom. The first-order chi connectivity index (χ1) is 15.4. The molecular weight excluding hydrogens is 406 g/mol. The van der Waals surface area contributed by atoms with Crippen LogP contribution in [0.15, 0.2) is 101 Å². The fourth-order valence-corrected chi connectivity index (χ4v) is 4.06. The lowest BCUT2D eigenvalue weighted by atomic mass is 10.1. The summed E-state index contributed by atoms with van der Waals surface area (Å²) in [6.45, 7) is 0. The number of aromatic nitrogens is 5. The molecule has 0 aliphatic heterocycles. The maximum atomic E-state index is 5.46. The van der Waals surface area contributed by atoms with Gasteiger partial charge in [0.25, 0.3) is 0 Å². The first-order valence-electron chi connectivity index (χ1n) is 9.91. The molecule has 5 rings (SSSR count). The Bertz CT molecular complexity index is 1250. The molecule has 0 aliphatic rings. The second kappa shape index (κ2) is 8.97. The number of thioether (sulfide) groups is 1. The lowest BCUT2D eigenvalue weighted by Gasteiger charge is -2.09. The average Bonchev–Trinajstić information content (AvgIpc) is 3.46. The standard InChI is InChI=1S/C24H19N5OS/c1-4-10-18(11-5-1)16-21-25-22(30-28-21)17-31-24-27-26-23(19-12-6-2-7-13-19)29(24)20-14-8-3-9-15-20/h1-15H,16-17H2. The molecule has 0 bridgehead atoms. The first-order valence-corrected chi connectivity index (χ1v) is 10.9. The predicted octanol–water partition coefficient (Wildman–Crippen LogP) is 5.20. The van der Waals surface area contributed by atoms with Crippen LogP contribution in [0, 0.1) is 0 Å². The molecule has 0 amide bonds. The van der Waals surface area contributed by atoms with Gasteiger partial charge in [0.05, 0.1) is 5.75 Å². The van der Waals surface area contributed by atoms with Crippen LogP contribution in [-0.2, 0) is 12.2 Å². The molecular formula is C24H19N5OS. The molecule has 0 N–H and O–H groups in total. The van der Waals surface area contributed by atoms with Crippen molar-refractivity contribution in [2.24, 2.45) is 0 Å². The van der Waals surface area contributed by atoms with Crippen molar-refractivity contribution in [2.45, 2.75) is 17.3 Å². The van der Waals surface area contributed by atoms with Gasteiger partial charge in [-0.15, -0.1) is 10.2 Å². The molecule has 0 saturated heterocycles. The van der Waals surface area contributed by atoms with Gasteiger partial charge < -0.3 is 4.52 Å². The topological polar surface area (TPSA) is 69.6 Å². The fourth-order valence-electron chi connectivity index (χ4n) is 3.27. The summed E-state index contributed by atoms with van der Waals surface area (Å²) in [5.41, 5.74) is 3.16. The van der Waals surface area contributed by atoms with Crippen molar-refractivity contribution in [1.29, 1.82) is 0 Å². The van der Waals surface area contributed by atoms with Gasteiger partial charge in [0, 0.05) is 17.7 Å². The number of para-hydroxylation sites is 1. The van der Waals surface area contributed by atoms with E-state index in [0.717, 1.165) is 27.8 Å². The minimum Gasteiger partial charge on any atom is -0.338 e. The van der Waals surface area contributed by atoms with Gasteiger partial charge in [0.2, 0.25) is 5.89 Å². The number of benzene rings is 3. The van der Waals surface area contributed by atoms with Crippen molar-refractivity contribution < 1.29 is 4.52 Å². The Morgan fingerprint density at radius 2 is 1.45 bits per heavy atom. The molecule has 152 valence electrons. The van der Waals surface area contributed by atoms with Gasteiger partial charge in [-0.3, -0.25) is 4.57 Å². The fraction of sp³-hybridized carbons (Fsp3) is 0.0833. The predicted molar refractivity (Wildman–Crippen MR) is 120 cm³/mol. The second-order valence-corrected chi connectivity index (χ2v) is 7.84. The zero-order valence-corrected chi connectivity index (χ0v) is 17.4. The minimum atomic E-state index is 0.515. The van der Waals surface area contributed by atoms with Gasteiger partial charge in [-0.05, 0) is 17.7 Å². The molecule has 6 nitrogen and oxygen atoms in total. The Morgan fingerprint density at radius 3 is 2.19 bits per heavy atom. The highest BCUT2D eigenvalue weighted by molar-refractivity contribution is 7.98. The Hall–Kier alpha value is -3.71. The summed E-state index contributed by atoms with van der Waals surface area (Å²) in [6, 6.07) is 30.3. The maximum absolute atomic E-state index is 5.46. The molecule has 0 radical (unpaired) electrons. The van der Waals surface area contributed by atoms with Gasteiger partial charge in [0.1, 0.15) is 0 Å². The highest BCUT2D eigenvalue weighted by Crippen LogP contribution is 2.29. The highest BCUT2D eigenvalue weighted by Gasteiger charge is 2.17. The summed E-state index contributed by atoms with van der Waals surface area (Å²) in [5.74, 6) is 2.56. The molecule has 0 aliphatic carbocycles. The largest absolute Gasteiger partial charge is 0.338 e. The van der Waals surface area contributed by atoms with E-state index in [-0.39, 0.29) is 0 Å². The van der Waals surface area contributed by atoms with E-state index in [9.17, 15) is 0 Å². The molecule has 3 aromatic carbocycles. The normalized spacial score (nSPS) is 11.0. The van der Waals surface area contributed by atoms with Crippen molar-refractivity contribution in [1.82, 2.24) is 24.9 Å². The lowest BCUT2D eigenvalue weighted by molar-refractivity contribution is 0.385. The summed E-state index contributed by atoms with van der Waals surface area (Å²) >= 11 is 1.52. The van der Waals surface area contributed by atoms with Crippen LogP contribution >= 0.6 is 11.8 Å². The van der Waals surface area contributed by atoms with Crippen LogP contribution < -0.4 is 0 Å². The van der Waals surface area contributed by atoms with Crippen molar-refractivity contribution in [3.05, 3.63) is 108 Å². The molecule has 31 heavy (non-hydrogen) atoms. The number of hydrogen-bond acceptors (Lipinski definition) is 6. The second-order valence-electron chi connectivity index (χ2n) is 6.90. The summed E-state index contributed by atoms with van der Waals surface area (Å²) in [7, 11) is 0. The van der Waals surface area contributed by atoms with Crippen LogP contribution in [0.5, 0.6) is 0 Å². The van der Waals surface area contributed by atoms with E-state index >= 15 is 0 Å². The van der Waals surface area contributed by atoms with Crippen molar-refractivity contribution in [3.8, 4) is 17.1 Å². The molecule has 0 atom stereocenters. The SMILES string of the molecule is c1ccc(Cc2noc(CSc3nnc(-c4ccccc4)n3-c3ccccc3)n2)cc1. The molecule has 0 saturated carbocycles. The van der Waals surface area contributed by atoms with Gasteiger partial charge in [-0.2, -0.15) is 4.98 Å². The smallest absolute Gasteiger partial charge is 0.237 e. The van der Waals surface area contributed by atoms with Gasteiger partial charge in [0.15, 0.2) is 16.8 Å². The van der Waals surface area contributed by atoms with Crippen LogP contribution in [0.3, 0.4) is 0 Å². The zero-order chi connectivity index (χ0) is 20.9. The van der Waals surface area contributed by atoms with Crippen LogP contribution in [0.2, 0.25) is 0 Å². The van der Waals surface area contributed by atoms with E-state index in [4.69, 9.17) is 4.52 Å². The van der Waals surface area contributed by atoms with Crippen LogP contribution in [-0.4, -0.2) is 24.9 Å². The summed E-state index contributed by atoms with van der Waals surface area (Å²) in [5, 5.41) is 13.8. The minimum absolute atomic E-state index is 0.515. The van der Waals surface area contributed by atoms with E-state index in [2.05, 4.69) is 37.0 Å². The van der Waals surface area contributed by atoms with E-state index < -0.39 is 0 Å². The quantitative estimate of drug-likeness (QED) is 0.334. The third-order valence-electron chi connectivity index (χ3n) is 4.72. The maximum Gasteiger partial charge on any atom is 0.237 e. The van der Waals surface area contributed by atoms with E-state index in [1.807, 2.05) is 78.9 Å². The summed E-state index contributed by atoms with van der Waals surface area (Å²) in [6.07, 6.45) is 0.646. The molecule has 0 unspecified atom stereocenters. The van der Waals surface area contributed by atoms with E-state index in [1.165, 1.54) is 11.8 Å². The molecule has 2 aromatic heterocycles. The summed E-state index contributed by atoms with van der Waals surface area (Å²) < 4.78 is 7.51.